The summed E-state index contributed by atoms with van der Waals surface area (Å²) in [5, 5.41) is 21.3. The van der Waals surface area contributed by atoms with E-state index >= 15 is 0 Å². The SMILES string of the molecule is Cn1nncc1C(O)(c1ccc2nc(Cl)c(OCc3ccccc3)c(Cl)c2c1)C1CN(C(=O)OC(C)(C)C)C1. The van der Waals surface area contributed by atoms with Crippen LogP contribution in [0.25, 0.3) is 10.9 Å². The Balaban J connectivity index is 1.50. The number of benzene rings is 2. The van der Waals surface area contributed by atoms with Gasteiger partial charge in [0.1, 0.15) is 17.8 Å². The largest absolute Gasteiger partial charge is 0.484 e. The molecule has 1 aliphatic rings. The van der Waals surface area contributed by atoms with E-state index in [1.165, 1.54) is 10.9 Å². The first kappa shape index (κ1) is 27.2. The highest BCUT2D eigenvalue weighted by Gasteiger charge is 2.50. The van der Waals surface area contributed by atoms with Crippen molar-refractivity contribution in [2.24, 2.45) is 13.0 Å². The fraction of sp³-hybridized carbons (Fsp3) is 0.357. The molecule has 0 spiro atoms. The van der Waals surface area contributed by atoms with Gasteiger partial charge in [-0.25, -0.2) is 14.5 Å². The van der Waals surface area contributed by atoms with Crippen molar-refractivity contribution >= 4 is 40.2 Å². The molecule has 1 amide bonds. The summed E-state index contributed by atoms with van der Waals surface area (Å²) in [5.74, 6) is -0.0928. The van der Waals surface area contributed by atoms with Gasteiger partial charge in [0.2, 0.25) is 0 Å². The van der Waals surface area contributed by atoms with E-state index in [0.29, 0.717) is 22.2 Å². The Morgan fingerprint density at radius 3 is 2.49 bits per heavy atom. The van der Waals surface area contributed by atoms with Crippen LogP contribution < -0.4 is 4.74 Å². The average molecular weight is 570 g/mol. The van der Waals surface area contributed by atoms with Gasteiger partial charge in [0.25, 0.3) is 0 Å². The summed E-state index contributed by atoms with van der Waals surface area (Å²) in [7, 11) is 1.71. The van der Waals surface area contributed by atoms with Crippen LogP contribution in [0.4, 0.5) is 4.79 Å². The number of amides is 1. The number of aliphatic hydroxyl groups is 1. The van der Waals surface area contributed by atoms with E-state index in [1.807, 2.05) is 51.1 Å². The van der Waals surface area contributed by atoms with Crippen molar-refractivity contribution in [1.29, 1.82) is 0 Å². The van der Waals surface area contributed by atoms with Gasteiger partial charge in [0, 0.05) is 31.4 Å². The Kier molecular flexibility index (Phi) is 7.17. The molecule has 9 nitrogen and oxygen atoms in total. The molecule has 2 aromatic carbocycles. The molecule has 4 aromatic rings. The topological polar surface area (TPSA) is 103 Å². The van der Waals surface area contributed by atoms with Crippen molar-refractivity contribution in [3.8, 4) is 5.75 Å². The molecule has 39 heavy (non-hydrogen) atoms. The molecule has 1 saturated heterocycles. The van der Waals surface area contributed by atoms with E-state index in [1.54, 1.807) is 30.1 Å². The second-order valence-electron chi connectivity index (χ2n) is 10.6. The van der Waals surface area contributed by atoms with Crippen LogP contribution in [0.3, 0.4) is 0 Å². The minimum atomic E-state index is -1.53. The minimum absolute atomic E-state index is 0.147. The van der Waals surface area contributed by atoms with E-state index in [2.05, 4.69) is 15.3 Å². The van der Waals surface area contributed by atoms with Crippen LogP contribution in [-0.4, -0.2) is 54.8 Å². The number of aryl methyl sites for hydroxylation is 1. The molecule has 3 heterocycles. The van der Waals surface area contributed by atoms with Crippen LogP contribution in [0.5, 0.6) is 5.75 Å². The normalized spacial score (nSPS) is 15.6. The van der Waals surface area contributed by atoms with Gasteiger partial charge < -0.3 is 19.5 Å². The summed E-state index contributed by atoms with van der Waals surface area (Å²) >= 11 is 13.3. The number of hydrogen-bond donors (Lipinski definition) is 1. The Bertz CT molecular complexity index is 1520. The number of aromatic nitrogens is 4. The van der Waals surface area contributed by atoms with Gasteiger partial charge in [0.05, 0.1) is 22.4 Å². The Labute approximate surface area is 236 Å². The Hall–Kier alpha value is -3.40. The fourth-order valence-electron chi connectivity index (χ4n) is 4.71. The smallest absolute Gasteiger partial charge is 0.410 e. The van der Waals surface area contributed by atoms with E-state index < -0.39 is 17.3 Å². The predicted molar refractivity (Wildman–Crippen MR) is 148 cm³/mol. The number of carbonyl (C=O) groups is 1. The first-order valence-corrected chi connectivity index (χ1v) is 13.2. The summed E-state index contributed by atoms with van der Waals surface area (Å²) in [6, 6.07) is 15.0. The molecule has 0 radical (unpaired) electrons. The number of hydrogen-bond acceptors (Lipinski definition) is 7. The number of rotatable bonds is 6. The lowest BCUT2D eigenvalue weighted by Crippen LogP contribution is -2.59. The predicted octanol–water partition coefficient (Wildman–Crippen LogP) is 5.35. The maximum Gasteiger partial charge on any atom is 0.410 e. The number of ether oxygens (including phenoxy) is 2. The molecule has 1 aliphatic heterocycles. The second kappa shape index (κ2) is 10.3. The van der Waals surface area contributed by atoms with Crippen molar-refractivity contribution < 1.29 is 19.4 Å². The van der Waals surface area contributed by atoms with Crippen LogP contribution in [0, 0.1) is 5.92 Å². The number of fused-ring (bicyclic) bond motifs is 1. The maximum absolute atomic E-state index is 12.6. The number of pyridine rings is 1. The van der Waals surface area contributed by atoms with Crippen molar-refractivity contribution in [3.05, 3.63) is 81.7 Å². The summed E-state index contributed by atoms with van der Waals surface area (Å²) < 4.78 is 13.0. The molecule has 2 aromatic heterocycles. The van der Waals surface area contributed by atoms with Crippen LogP contribution >= 0.6 is 23.2 Å². The number of likely N-dealkylation sites (tertiary alicyclic amines) is 1. The van der Waals surface area contributed by atoms with Crippen molar-refractivity contribution in [1.82, 2.24) is 24.9 Å². The summed E-state index contributed by atoms with van der Waals surface area (Å²) in [6.07, 6.45) is 1.10. The molecule has 1 unspecified atom stereocenters. The molecular formula is C28H29Cl2N5O4. The van der Waals surface area contributed by atoms with Gasteiger partial charge in [-0.2, -0.15) is 0 Å². The quantitative estimate of drug-likeness (QED) is 0.312. The highest BCUT2D eigenvalue weighted by molar-refractivity contribution is 6.40. The zero-order chi connectivity index (χ0) is 27.9. The molecule has 1 N–H and O–H groups in total. The zero-order valence-electron chi connectivity index (χ0n) is 22.1. The minimum Gasteiger partial charge on any atom is -0.484 e. The monoisotopic (exact) mass is 569 g/mol. The van der Waals surface area contributed by atoms with Crippen LogP contribution in [0.15, 0.2) is 54.7 Å². The Morgan fingerprint density at radius 1 is 1.13 bits per heavy atom. The number of nitrogens with zero attached hydrogens (tertiary/aromatic N) is 5. The number of carbonyl (C=O) groups excluding carboxylic acids is 1. The van der Waals surface area contributed by atoms with Crippen LogP contribution in [0.2, 0.25) is 10.2 Å². The highest BCUT2D eigenvalue weighted by Crippen LogP contribution is 2.44. The molecule has 11 heteroatoms. The molecular weight excluding hydrogens is 541 g/mol. The third-order valence-corrected chi connectivity index (χ3v) is 7.36. The highest BCUT2D eigenvalue weighted by atomic mass is 35.5. The van der Waals surface area contributed by atoms with Crippen molar-refractivity contribution in [2.45, 2.75) is 38.6 Å². The Morgan fingerprint density at radius 2 is 1.85 bits per heavy atom. The lowest BCUT2D eigenvalue weighted by Gasteiger charge is -2.47. The van der Waals surface area contributed by atoms with E-state index in [4.69, 9.17) is 32.7 Å². The molecule has 0 aliphatic carbocycles. The molecule has 1 fully saturated rings. The molecule has 1 atom stereocenters. The van der Waals surface area contributed by atoms with Crippen molar-refractivity contribution in [2.75, 3.05) is 13.1 Å². The van der Waals surface area contributed by atoms with Crippen LogP contribution in [0.1, 0.15) is 37.6 Å². The lowest BCUT2D eigenvalue weighted by molar-refractivity contribution is -0.0725. The van der Waals surface area contributed by atoms with Gasteiger partial charge in [-0.15, -0.1) is 5.10 Å². The average Bonchev–Trinajstić information content (AvgIpc) is 3.28. The third kappa shape index (κ3) is 5.26. The van der Waals surface area contributed by atoms with Gasteiger partial charge in [-0.1, -0.05) is 64.8 Å². The summed E-state index contributed by atoms with van der Waals surface area (Å²) in [4.78, 5) is 18.6. The third-order valence-electron chi connectivity index (χ3n) is 6.73. The summed E-state index contributed by atoms with van der Waals surface area (Å²) in [5.41, 5.74) is 0.391. The standard InChI is InChI=1S/C28H29Cl2N5O4/c1-27(2,3)39-26(36)35-14-19(15-35)28(37,22-13-31-33-34(22)4)18-10-11-21-20(12-18)23(29)24(25(30)32-21)38-16-17-8-6-5-7-9-17/h5-13,19,37H,14-16H2,1-4H3. The molecule has 204 valence electrons. The van der Waals surface area contributed by atoms with Gasteiger partial charge in [-0.3, -0.25) is 0 Å². The van der Waals surface area contributed by atoms with E-state index in [-0.39, 0.29) is 41.5 Å². The lowest BCUT2D eigenvalue weighted by atomic mass is 9.74. The fourth-order valence-corrected chi connectivity index (χ4v) is 5.30. The maximum atomic E-state index is 12.6. The van der Waals surface area contributed by atoms with Gasteiger partial charge in [-0.05, 0) is 44.0 Å². The molecule has 0 bridgehead atoms. The van der Waals surface area contributed by atoms with E-state index in [9.17, 15) is 9.90 Å². The second-order valence-corrected chi connectivity index (χ2v) is 11.4. The number of halogens is 2. The van der Waals surface area contributed by atoms with Crippen LogP contribution in [-0.2, 0) is 24.0 Å². The van der Waals surface area contributed by atoms with Gasteiger partial charge in [0.15, 0.2) is 10.9 Å². The first-order chi connectivity index (χ1) is 18.5. The summed E-state index contributed by atoms with van der Waals surface area (Å²) in [6.45, 7) is 6.28. The molecule has 5 rings (SSSR count). The van der Waals surface area contributed by atoms with Gasteiger partial charge >= 0.3 is 6.09 Å². The van der Waals surface area contributed by atoms with Crippen molar-refractivity contribution in [3.63, 3.8) is 0 Å². The zero-order valence-corrected chi connectivity index (χ0v) is 23.6. The molecule has 0 saturated carbocycles. The first-order valence-electron chi connectivity index (χ1n) is 12.5. The van der Waals surface area contributed by atoms with E-state index in [0.717, 1.165) is 5.56 Å².